The second kappa shape index (κ2) is 11.5. The van der Waals surface area contributed by atoms with Crippen molar-refractivity contribution >= 4 is 11.8 Å². The van der Waals surface area contributed by atoms with E-state index in [1.54, 1.807) is 25.2 Å². The van der Waals surface area contributed by atoms with Crippen molar-refractivity contribution in [1.82, 2.24) is 15.4 Å². The summed E-state index contributed by atoms with van der Waals surface area (Å²) in [6.45, 7) is 2.24. The molecule has 1 aliphatic heterocycles. The van der Waals surface area contributed by atoms with Crippen molar-refractivity contribution in [3.05, 3.63) is 36.0 Å². The van der Waals surface area contributed by atoms with Crippen molar-refractivity contribution in [2.45, 2.75) is 25.4 Å². The number of hydrogen-bond donors (Lipinski definition) is 1. The first-order valence-electron chi connectivity index (χ1n) is 10.4. The maximum absolute atomic E-state index is 13.1. The fourth-order valence-electron chi connectivity index (χ4n) is 3.36. The van der Waals surface area contributed by atoms with Crippen LogP contribution in [0.1, 0.15) is 29.8 Å². The van der Waals surface area contributed by atoms with Gasteiger partial charge in [-0.3, -0.25) is 9.59 Å². The van der Waals surface area contributed by atoms with E-state index in [0.717, 1.165) is 24.2 Å². The van der Waals surface area contributed by atoms with Gasteiger partial charge < -0.3 is 29.0 Å². The zero-order valence-electron chi connectivity index (χ0n) is 18.0. The number of hydrogen-bond acceptors (Lipinski definition) is 7. The Morgan fingerprint density at radius 3 is 2.74 bits per heavy atom. The summed E-state index contributed by atoms with van der Waals surface area (Å²) in [6.07, 6.45) is 2.01. The Morgan fingerprint density at radius 1 is 1.26 bits per heavy atom. The normalized spacial score (nSPS) is 15.6. The van der Waals surface area contributed by atoms with Crippen LogP contribution in [0.25, 0.3) is 11.3 Å². The van der Waals surface area contributed by atoms with Gasteiger partial charge in [0.05, 0.1) is 19.8 Å². The largest absolute Gasteiger partial charge is 0.497 e. The molecular weight excluding hydrogens is 402 g/mol. The summed E-state index contributed by atoms with van der Waals surface area (Å²) in [4.78, 5) is 26.8. The van der Waals surface area contributed by atoms with Crippen molar-refractivity contribution in [3.63, 3.8) is 0 Å². The van der Waals surface area contributed by atoms with E-state index < -0.39 is 0 Å². The molecule has 1 aromatic carbocycles. The van der Waals surface area contributed by atoms with E-state index >= 15 is 0 Å². The summed E-state index contributed by atoms with van der Waals surface area (Å²) in [6, 6.07) is 8.91. The van der Waals surface area contributed by atoms with Crippen molar-refractivity contribution < 1.29 is 28.3 Å². The van der Waals surface area contributed by atoms with Crippen LogP contribution in [0, 0.1) is 0 Å². The number of nitrogens with one attached hydrogen (secondary N) is 1. The third-order valence-corrected chi connectivity index (χ3v) is 5.08. The standard InChI is InChI=1S/C22H29N3O6/c1-28-13-10-23-21(26)9-11-25(15-18-4-3-12-30-18)22(27)19-14-20(31-24-19)16-5-7-17(29-2)8-6-16/h5-8,14,18H,3-4,9-13,15H2,1-2H3,(H,23,26)/t18-/m0/s1. The highest BCUT2D eigenvalue weighted by atomic mass is 16.5. The van der Waals surface area contributed by atoms with Gasteiger partial charge in [-0.25, -0.2) is 0 Å². The number of carbonyl (C=O) groups is 2. The Balaban J connectivity index is 1.66. The molecule has 9 nitrogen and oxygen atoms in total. The minimum absolute atomic E-state index is 0.0338. The lowest BCUT2D eigenvalue weighted by Crippen LogP contribution is -2.40. The van der Waals surface area contributed by atoms with Gasteiger partial charge in [-0.15, -0.1) is 0 Å². The molecule has 0 saturated carbocycles. The third kappa shape index (κ3) is 6.53. The van der Waals surface area contributed by atoms with Gasteiger partial charge >= 0.3 is 0 Å². The number of amides is 2. The lowest BCUT2D eigenvalue weighted by molar-refractivity contribution is -0.121. The quantitative estimate of drug-likeness (QED) is 0.544. The van der Waals surface area contributed by atoms with E-state index in [4.69, 9.17) is 18.7 Å². The highest BCUT2D eigenvalue weighted by Gasteiger charge is 2.26. The number of ether oxygens (including phenoxy) is 3. The van der Waals surface area contributed by atoms with Crippen LogP contribution in [0.2, 0.25) is 0 Å². The average Bonchev–Trinajstić information content (AvgIpc) is 3.49. The molecule has 0 aliphatic carbocycles. The molecule has 0 bridgehead atoms. The van der Waals surface area contributed by atoms with Crippen LogP contribution < -0.4 is 10.1 Å². The first kappa shape index (κ1) is 22.8. The van der Waals surface area contributed by atoms with Crippen LogP contribution in [0.4, 0.5) is 0 Å². The zero-order chi connectivity index (χ0) is 22.1. The first-order chi connectivity index (χ1) is 15.1. The smallest absolute Gasteiger partial charge is 0.276 e. The molecule has 31 heavy (non-hydrogen) atoms. The van der Waals surface area contributed by atoms with E-state index in [1.807, 2.05) is 24.3 Å². The molecule has 2 heterocycles. The second-order valence-electron chi connectivity index (χ2n) is 7.28. The van der Waals surface area contributed by atoms with Crippen molar-refractivity contribution in [1.29, 1.82) is 0 Å². The van der Waals surface area contributed by atoms with Crippen molar-refractivity contribution in [3.8, 4) is 17.1 Å². The molecule has 9 heteroatoms. The lowest BCUT2D eigenvalue weighted by atomic mass is 10.1. The molecule has 1 aliphatic rings. The molecule has 1 saturated heterocycles. The van der Waals surface area contributed by atoms with Gasteiger partial charge in [0.2, 0.25) is 5.91 Å². The SMILES string of the molecule is COCCNC(=O)CCN(C[C@@H]1CCCO1)C(=O)c1cc(-c2ccc(OC)cc2)on1. The van der Waals surface area contributed by atoms with E-state index in [1.165, 1.54) is 0 Å². The second-order valence-corrected chi connectivity index (χ2v) is 7.28. The fraction of sp³-hybridized carbons (Fsp3) is 0.500. The van der Waals surface area contributed by atoms with Gasteiger partial charge in [0, 0.05) is 51.4 Å². The number of methoxy groups -OCH3 is 2. The molecule has 1 fully saturated rings. The number of benzene rings is 1. The van der Waals surface area contributed by atoms with Crippen LogP contribution in [0.15, 0.2) is 34.9 Å². The van der Waals surface area contributed by atoms with E-state index in [0.29, 0.717) is 32.1 Å². The Labute approximate surface area is 181 Å². The number of nitrogens with zero attached hydrogens (tertiary/aromatic N) is 2. The van der Waals surface area contributed by atoms with Gasteiger partial charge in [-0.2, -0.15) is 0 Å². The van der Waals surface area contributed by atoms with E-state index in [2.05, 4.69) is 10.5 Å². The van der Waals surface area contributed by atoms with Crippen molar-refractivity contribution in [2.24, 2.45) is 0 Å². The first-order valence-corrected chi connectivity index (χ1v) is 10.4. The molecule has 2 amide bonds. The molecule has 0 unspecified atom stereocenters. The summed E-state index contributed by atoms with van der Waals surface area (Å²) in [7, 11) is 3.17. The number of carbonyl (C=O) groups excluding carboxylic acids is 2. The van der Waals surface area contributed by atoms with Crippen molar-refractivity contribution in [2.75, 3.05) is 47.1 Å². The summed E-state index contributed by atoms with van der Waals surface area (Å²) in [5.41, 5.74) is 0.985. The van der Waals surface area contributed by atoms with E-state index in [9.17, 15) is 9.59 Å². The molecule has 1 atom stereocenters. The molecule has 3 rings (SSSR count). The average molecular weight is 431 g/mol. The minimum Gasteiger partial charge on any atom is -0.497 e. The number of rotatable bonds is 11. The predicted octanol–water partition coefficient (Wildman–Crippen LogP) is 2.12. The highest BCUT2D eigenvalue weighted by Crippen LogP contribution is 2.24. The Kier molecular flexibility index (Phi) is 8.43. The molecule has 0 radical (unpaired) electrons. The Hall–Kier alpha value is -2.91. The zero-order valence-corrected chi connectivity index (χ0v) is 18.0. The molecule has 1 aromatic heterocycles. The summed E-state index contributed by atoms with van der Waals surface area (Å²) >= 11 is 0. The summed E-state index contributed by atoms with van der Waals surface area (Å²) in [5.74, 6) is 0.788. The van der Waals surface area contributed by atoms with Gasteiger partial charge in [-0.05, 0) is 37.1 Å². The topological polar surface area (TPSA) is 103 Å². The van der Waals surface area contributed by atoms with Gasteiger partial charge in [0.25, 0.3) is 5.91 Å². The predicted molar refractivity (Wildman–Crippen MR) is 113 cm³/mol. The highest BCUT2D eigenvalue weighted by molar-refractivity contribution is 5.93. The van der Waals surface area contributed by atoms with Crippen LogP contribution in [-0.2, 0) is 14.3 Å². The molecule has 168 valence electrons. The van der Waals surface area contributed by atoms with Crippen LogP contribution in [-0.4, -0.2) is 75.0 Å². The fourth-order valence-corrected chi connectivity index (χ4v) is 3.36. The Bertz CT molecular complexity index is 845. The van der Waals surface area contributed by atoms with Crippen LogP contribution in [0.3, 0.4) is 0 Å². The van der Waals surface area contributed by atoms with Gasteiger partial charge in [0.15, 0.2) is 11.5 Å². The van der Waals surface area contributed by atoms with Gasteiger partial charge in [-0.1, -0.05) is 5.16 Å². The molecular formula is C22H29N3O6. The summed E-state index contributed by atoms with van der Waals surface area (Å²) < 4.78 is 21.2. The maximum Gasteiger partial charge on any atom is 0.276 e. The molecule has 1 N–H and O–H groups in total. The maximum atomic E-state index is 13.1. The number of aromatic nitrogens is 1. The van der Waals surface area contributed by atoms with Crippen LogP contribution in [0.5, 0.6) is 5.75 Å². The Morgan fingerprint density at radius 2 is 2.06 bits per heavy atom. The monoisotopic (exact) mass is 431 g/mol. The third-order valence-electron chi connectivity index (χ3n) is 5.08. The minimum atomic E-state index is -0.288. The molecule has 2 aromatic rings. The van der Waals surface area contributed by atoms with E-state index in [-0.39, 0.29) is 36.6 Å². The summed E-state index contributed by atoms with van der Waals surface area (Å²) in [5, 5.41) is 6.73. The van der Waals surface area contributed by atoms with Crippen LogP contribution >= 0.6 is 0 Å². The molecule has 0 spiro atoms. The lowest BCUT2D eigenvalue weighted by Gasteiger charge is -2.24. The van der Waals surface area contributed by atoms with Gasteiger partial charge in [0.1, 0.15) is 5.75 Å².